The number of halogens is 2. The fourth-order valence-electron chi connectivity index (χ4n) is 4.14. The molecular weight excluding hydrogens is 302 g/mol. The van der Waals surface area contributed by atoms with Gasteiger partial charge in [-0.1, -0.05) is 19.3 Å². The molecule has 1 atom stereocenters. The van der Waals surface area contributed by atoms with Gasteiger partial charge in [-0.25, -0.2) is 8.78 Å². The third kappa shape index (κ3) is 3.81. The van der Waals surface area contributed by atoms with Crippen molar-refractivity contribution in [2.24, 2.45) is 0 Å². The first-order valence-electron chi connectivity index (χ1n) is 8.48. The number of rotatable bonds is 3. The number of alkyl halides is 2. The molecule has 3 rings (SSSR count). The quantitative estimate of drug-likeness (QED) is 0.851. The summed E-state index contributed by atoms with van der Waals surface area (Å²) in [6.45, 7) is 1.74. The molecule has 0 spiro atoms. The maximum Gasteiger partial charge on any atom is 0.262 e. The van der Waals surface area contributed by atoms with Crippen LogP contribution in [0.15, 0.2) is 0 Å². The Morgan fingerprint density at radius 3 is 2.70 bits per heavy atom. The van der Waals surface area contributed by atoms with Crippen LogP contribution in [0.4, 0.5) is 8.78 Å². The smallest absolute Gasteiger partial charge is 0.262 e. The van der Waals surface area contributed by atoms with Crippen molar-refractivity contribution in [3.8, 4) is 6.07 Å². The van der Waals surface area contributed by atoms with Crippen molar-refractivity contribution >= 4 is 5.91 Å². The third-order valence-corrected chi connectivity index (χ3v) is 5.32. The number of hydrogen-bond donors (Lipinski definition) is 1. The lowest BCUT2D eigenvalue weighted by atomic mass is 9.83. The van der Waals surface area contributed by atoms with E-state index in [4.69, 9.17) is 0 Å². The molecule has 5 nitrogen and oxygen atoms in total. The van der Waals surface area contributed by atoms with Gasteiger partial charge >= 0.3 is 0 Å². The monoisotopic (exact) mass is 326 g/mol. The van der Waals surface area contributed by atoms with E-state index in [9.17, 15) is 18.8 Å². The van der Waals surface area contributed by atoms with E-state index in [2.05, 4.69) is 11.4 Å². The van der Waals surface area contributed by atoms with E-state index >= 15 is 0 Å². The lowest BCUT2D eigenvalue weighted by Crippen LogP contribution is -2.55. The van der Waals surface area contributed by atoms with Crippen molar-refractivity contribution < 1.29 is 13.6 Å². The Morgan fingerprint density at radius 1 is 1.26 bits per heavy atom. The molecule has 0 unspecified atom stereocenters. The van der Waals surface area contributed by atoms with Crippen LogP contribution in [0.3, 0.4) is 0 Å². The van der Waals surface area contributed by atoms with E-state index in [-0.39, 0.29) is 31.5 Å². The number of nitrogens with zero attached hydrogens (tertiary/aromatic N) is 3. The second-order valence-corrected chi connectivity index (χ2v) is 7.22. The molecule has 0 radical (unpaired) electrons. The summed E-state index contributed by atoms with van der Waals surface area (Å²) in [5.74, 6) is -2.76. The SMILES string of the molecule is N#CC1(NC(=O)CN2CCN3CC(F)(F)C[C@H]3C2)CCCCC1. The second-order valence-electron chi connectivity index (χ2n) is 7.22. The van der Waals surface area contributed by atoms with Gasteiger partial charge in [0.1, 0.15) is 5.54 Å². The van der Waals surface area contributed by atoms with Crippen molar-refractivity contribution in [3.63, 3.8) is 0 Å². The zero-order chi connectivity index (χ0) is 16.5. The van der Waals surface area contributed by atoms with E-state index in [0.717, 1.165) is 19.3 Å². The number of nitrogens with one attached hydrogen (secondary N) is 1. The Bertz CT molecular complexity index is 499. The predicted octanol–water partition coefficient (Wildman–Crippen LogP) is 1.35. The first-order valence-corrected chi connectivity index (χ1v) is 8.48. The molecule has 128 valence electrons. The summed E-state index contributed by atoms with van der Waals surface area (Å²) in [7, 11) is 0. The lowest BCUT2D eigenvalue weighted by Gasteiger charge is -2.37. The van der Waals surface area contributed by atoms with Gasteiger partial charge in [-0.3, -0.25) is 14.6 Å². The van der Waals surface area contributed by atoms with E-state index in [1.54, 1.807) is 0 Å². The maximum atomic E-state index is 13.5. The van der Waals surface area contributed by atoms with Gasteiger partial charge in [-0.05, 0) is 12.8 Å². The largest absolute Gasteiger partial charge is 0.337 e. The number of carbonyl (C=O) groups excluding carboxylic acids is 1. The van der Waals surface area contributed by atoms with Crippen LogP contribution in [0.5, 0.6) is 0 Å². The number of nitriles is 1. The highest BCUT2D eigenvalue weighted by Crippen LogP contribution is 2.33. The maximum absolute atomic E-state index is 13.5. The Morgan fingerprint density at radius 2 is 2.00 bits per heavy atom. The lowest BCUT2D eigenvalue weighted by molar-refractivity contribution is -0.124. The molecule has 0 aromatic heterocycles. The Balaban J connectivity index is 1.52. The zero-order valence-corrected chi connectivity index (χ0v) is 13.4. The van der Waals surface area contributed by atoms with Crippen LogP contribution < -0.4 is 5.32 Å². The van der Waals surface area contributed by atoms with Gasteiger partial charge in [0.05, 0.1) is 19.2 Å². The Labute approximate surface area is 135 Å². The molecule has 1 amide bonds. The van der Waals surface area contributed by atoms with Crippen LogP contribution in [-0.2, 0) is 4.79 Å². The van der Waals surface area contributed by atoms with Crippen molar-refractivity contribution in [2.75, 3.05) is 32.7 Å². The Hall–Kier alpha value is -1.26. The molecular formula is C16H24F2N4O. The minimum Gasteiger partial charge on any atom is -0.337 e. The van der Waals surface area contributed by atoms with E-state index in [1.165, 1.54) is 0 Å². The van der Waals surface area contributed by atoms with Crippen LogP contribution in [0.2, 0.25) is 0 Å². The van der Waals surface area contributed by atoms with E-state index < -0.39 is 11.5 Å². The van der Waals surface area contributed by atoms with Crippen LogP contribution >= 0.6 is 0 Å². The first-order chi connectivity index (χ1) is 10.9. The molecule has 7 heteroatoms. The number of piperazine rings is 1. The average Bonchev–Trinajstić information content (AvgIpc) is 2.81. The predicted molar refractivity (Wildman–Crippen MR) is 80.9 cm³/mol. The normalized spacial score (nSPS) is 30.4. The molecule has 2 aliphatic heterocycles. The number of hydrogen-bond acceptors (Lipinski definition) is 4. The van der Waals surface area contributed by atoms with E-state index in [1.807, 2.05) is 9.80 Å². The minimum atomic E-state index is -2.60. The summed E-state index contributed by atoms with van der Waals surface area (Å²) in [4.78, 5) is 16.1. The molecule has 1 saturated carbocycles. The third-order valence-electron chi connectivity index (χ3n) is 5.32. The molecule has 2 saturated heterocycles. The Kier molecular flexibility index (Phi) is 4.56. The second kappa shape index (κ2) is 6.33. The highest BCUT2D eigenvalue weighted by Gasteiger charge is 2.47. The van der Waals surface area contributed by atoms with Crippen LogP contribution in [0.25, 0.3) is 0 Å². The number of amides is 1. The van der Waals surface area contributed by atoms with Gasteiger partial charge in [0, 0.05) is 32.1 Å². The molecule has 0 bridgehead atoms. The zero-order valence-electron chi connectivity index (χ0n) is 13.4. The minimum absolute atomic E-state index is 0.118. The van der Waals surface area contributed by atoms with Crippen LogP contribution in [-0.4, -0.2) is 65.9 Å². The van der Waals surface area contributed by atoms with Crippen molar-refractivity contribution in [3.05, 3.63) is 0 Å². The highest BCUT2D eigenvalue weighted by molar-refractivity contribution is 5.79. The summed E-state index contributed by atoms with van der Waals surface area (Å²) in [6.07, 6.45) is 4.33. The molecule has 0 aromatic rings. The summed E-state index contributed by atoms with van der Waals surface area (Å²) in [5.41, 5.74) is -0.725. The fraction of sp³-hybridized carbons (Fsp3) is 0.875. The topological polar surface area (TPSA) is 59.4 Å². The highest BCUT2D eigenvalue weighted by atomic mass is 19.3. The van der Waals surface area contributed by atoms with Gasteiger partial charge in [-0.15, -0.1) is 0 Å². The van der Waals surface area contributed by atoms with Crippen LogP contribution in [0, 0.1) is 11.3 Å². The summed E-state index contributed by atoms with van der Waals surface area (Å²) >= 11 is 0. The van der Waals surface area contributed by atoms with Gasteiger partial charge in [-0.2, -0.15) is 5.26 Å². The summed E-state index contributed by atoms with van der Waals surface area (Å²) in [6, 6.07) is 2.11. The van der Waals surface area contributed by atoms with Crippen LogP contribution in [0.1, 0.15) is 38.5 Å². The fourth-order valence-corrected chi connectivity index (χ4v) is 4.14. The standard InChI is InChI=1S/C16H24F2N4O/c17-16(18)8-13-9-21(6-7-22(13)12-16)10-14(23)20-15(11-19)4-2-1-3-5-15/h13H,1-10,12H2,(H,20,23)/t13-/m0/s1. The van der Waals surface area contributed by atoms with Gasteiger partial charge in [0.25, 0.3) is 5.92 Å². The van der Waals surface area contributed by atoms with Crippen molar-refractivity contribution in [2.45, 2.75) is 56.0 Å². The van der Waals surface area contributed by atoms with Gasteiger partial charge < -0.3 is 5.32 Å². The van der Waals surface area contributed by atoms with Gasteiger partial charge in [0.2, 0.25) is 5.91 Å². The van der Waals surface area contributed by atoms with Gasteiger partial charge in [0.15, 0.2) is 0 Å². The average molecular weight is 326 g/mol. The molecule has 23 heavy (non-hydrogen) atoms. The van der Waals surface area contributed by atoms with E-state index in [0.29, 0.717) is 32.5 Å². The first kappa shape index (κ1) is 16.6. The van der Waals surface area contributed by atoms with Crippen molar-refractivity contribution in [1.82, 2.24) is 15.1 Å². The molecule has 1 N–H and O–H groups in total. The van der Waals surface area contributed by atoms with Crippen molar-refractivity contribution in [1.29, 1.82) is 5.26 Å². The molecule has 3 fully saturated rings. The molecule has 3 aliphatic rings. The molecule has 1 aliphatic carbocycles. The number of fused-ring (bicyclic) bond motifs is 1. The summed E-state index contributed by atoms with van der Waals surface area (Å²) in [5, 5.41) is 12.3. The molecule has 0 aromatic carbocycles. The number of carbonyl (C=O) groups is 1. The summed E-state index contributed by atoms with van der Waals surface area (Å²) < 4.78 is 26.9. The molecule has 2 heterocycles.